The number of hydrogen-bond acceptors (Lipinski definition) is 16. The van der Waals surface area contributed by atoms with Crippen molar-refractivity contribution in [2.45, 2.75) is 46.1 Å². The minimum atomic E-state index is -4.46. The summed E-state index contributed by atoms with van der Waals surface area (Å²) in [4.78, 5) is 101. The molecule has 0 radical (unpaired) electrons. The van der Waals surface area contributed by atoms with E-state index in [0.717, 1.165) is 12.8 Å². The zero-order valence-corrected chi connectivity index (χ0v) is 38.3. The van der Waals surface area contributed by atoms with Gasteiger partial charge < -0.3 is 71.4 Å². The predicted molar refractivity (Wildman–Crippen MR) is 259 cm³/mol. The summed E-state index contributed by atoms with van der Waals surface area (Å²) < 4.78 is 23.6. The van der Waals surface area contributed by atoms with Crippen molar-refractivity contribution in [3.05, 3.63) is 106 Å². The quantitative estimate of drug-likeness (QED) is 0.0595. The molecule has 0 bridgehead atoms. The van der Waals surface area contributed by atoms with Gasteiger partial charge in [0.15, 0.2) is 0 Å². The Kier molecular flexibility index (Phi) is 11.9. The molecule has 0 amide bonds. The van der Waals surface area contributed by atoms with Crippen LogP contribution in [0.4, 0.5) is 58.4 Å². The number of nitrogens with zero attached hydrogens (tertiary/aromatic N) is 6. The Morgan fingerprint density at radius 2 is 0.912 bits per heavy atom. The zero-order chi connectivity index (χ0) is 48.0. The standard InChI is InChI=1S/C42H46N16O8P2/c1-41(2)18-26(48-38-57-35(45-23-6-12-28(13-7-23)68(64,65)66)56-37(58-38)47-25-9-15-30-32(17-25)52-40(60)50-30)19-42(3,20-41)21-43-33-53-34(44-22-4-10-27(11-5-22)67(61,62)63)55-36(54-33)46-24-8-14-29-31(16-24)51-39(59)49-29/h4-17,26H,18-21H2,1-3H3,(H2,49,51,59)(H2,50,52,60)(H2,61,62,63)(H2,64,65,66)(H3,43,44,46,53,54,55)(H3,45,47,48,56,57,58). The molecule has 4 aromatic carbocycles. The lowest BCUT2D eigenvalue weighted by atomic mass is 9.62. The highest BCUT2D eigenvalue weighted by Gasteiger charge is 2.41. The molecule has 1 saturated carbocycles. The number of fused-ring (bicyclic) bond motifs is 2. The molecule has 1 aliphatic rings. The van der Waals surface area contributed by atoms with Crippen LogP contribution in [0.15, 0.2) is 94.5 Å². The number of imidazole rings is 2. The average molecular weight is 965 g/mol. The number of nitrogens with one attached hydrogen (secondary N) is 10. The van der Waals surface area contributed by atoms with Crippen molar-refractivity contribution in [1.82, 2.24) is 49.8 Å². The number of rotatable bonds is 15. The SMILES string of the molecule is CC1(C)CC(Nc2nc(Nc3ccc(P(=O)(O)O)cc3)nc(Nc3ccc4[nH]c(=O)[nH]c4c3)n2)CC(C)(CNc2nc(Nc3ccc(P(=O)(O)O)cc3)nc(Nc3ccc4[nH]c(=O)[nH]c4c3)n2)C1. The molecule has 2 atom stereocenters. The van der Waals surface area contributed by atoms with E-state index >= 15 is 0 Å². The van der Waals surface area contributed by atoms with Gasteiger partial charge in [-0.05, 0) is 115 Å². The molecular weight excluding hydrogens is 919 g/mol. The van der Waals surface area contributed by atoms with Crippen LogP contribution in [-0.2, 0) is 9.13 Å². The molecule has 0 spiro atoms. The fourth-order valence-electron chi connectivity index (χ4n) is 8.68. The number of aromatic nitrogens is 10. The molecular formula is C42H46N16O8P2. The predicted octanol–water partition coefficient (Wildman–Crippen LogP) is 5.09. The summed E-state index contributed by atoms with van der Waals surface area (Å²) in [5.41, 5.74) is 3.31. The van der Waals surface area contributed by atoms with Crippen LogP contribution in [0.2, 0.25) is 0 Å². The smallest absolute Gasteiger partial charge is 0.353 e. The van der Waals surface area contributed by atoms with E-state index in [0.29, 0.717) is 57.8 Å². The van der Waals surface area contributed by atoms with Gasteiger partial charge in [0.1, 0.15) is 0 Å². The zero-order valence-electron chi connectivity index (χ0n) is 36.5. The van der Waals surface area contributed by atoms with E-state index in [-0.39, 0.29) is 74.6 Å². The Morgan fingerprint density at radius 1 is 0.529 bits per heavy atom. The van der Waals surface area contributed by atoms with Gasteiger partial charge in [0.2, 0.25) is 35.7 Å². The Morgan fingerprint density at radius 3 is 1.35 bits per heavy atom. The minimum Gasteiger partial charge on any atom is -0.353 e. The van der Waals surface area contributed by atoms with Crippen LogP contribution in [0, 0.1) is 10.8 Å². The summed E-state index contributed by atoms with van der Waals surface area (Å²) in [5.74, 6) is 1.13. The highest BCUT2D eigenvalue weighted by molar-refractivity contribution is 7.60. The number of aromatic amines is 4. The summed E-state index contributed by atoms with van der Waals surface area (Å²) in [7, 11) is -8.92. The Bertz CT molecular complexity index is 3380. The first-order valence-corrected chi connectivity index (χ1v) is 24.3. The molecule has 352 valence electrons. The van der Waals surface area contributed by atoms with Gasteiger partial charge in [-0.1, -0.05) is 20.8 Å². The van der Waals surface area contributed by atoms with E-state index in [2.05, 4.69) is 92.5 Å². The topological polar surface area (TPSA) is 362 Å². The van der Waals surface area contributed by atoms with Gasteiger partial charge in [-0.3, -0.25) is 9.13 Å². The van der Waals surface area contributed by atoms with Crippen LogP contribution in [0.5, 0.6) is 0 Å². The minimum absolute atomic E-state index is 0.137. The van der Waals surface area contributed by atoms with Crippen molar-refractivity contribution in [2.75, 3.05) is 38.4 Å². The van der Waals surface area contributed by atoms with Crippen LogP contribution in [-0.4, -0.2) is 82.0 Å². The van der Waals surface area contributed by atoms with Crippen LogP contribution in [0.1, 0.15) is 40.0 Å². The lowest BCUT2D eigenvalue weighted by molar-refractivity contribution is 0.0995. The fraction of sp³-hybridized carbons (Fsp3) is 0.238. The lowest BCUT2D eigenvalue weighted by Crippen LogP contribution is -2.45. The highest BCUT2D eigenvalue weighted by Crippen LogP contribution is 2.47. The normalized spacial score (nSPS) is 17.2. The fourth-order valence-corrected chi connectivity index (χ4v) is 9.75. The molecule has 68 heavy (non-hydrogen) atoms. The number of hydrogen-bond donors (Lipinski definition) is 14. The second kappa shape index (κ2) is 17.6. The molecule has 24 nitrogen and oxygen atoms in total. The summed E-state index contributed by atoms with van der Waals surface area (Å²) in [6.45, 7) is 6.97. The molecule has 1 aliphatic carbocycles. The van der Waals surface area contributed by atoms with E-state index in [9.17, 15) is 38.3 Å². The molecule has 9 rings (SSSR count). The summed E-state index contributed by atoms with van der Waals surface area (Å²) in [6, 6.07) is 21.7. The molecule has 0 saturated heterocycles. The first-order chi connectivity index (χ1) is 32.2. The number of H-pyrrole nitrogens is 4. The van der Waals surface area contributed by atoms with Crippen molar-refractivity contribution >= 4 is 106 Å². The second-order valence-electron chi connectivity index (χ2n) is 17.7. The van der Waals surface area contributed by atoms with E-state index < -0.39 is 15.2 Å². The lowest BCUT2D eigenvalue weighted by Gasteiger charge is -2.47. The maximum Gasteiger partial charge on any atom is 0.356 e. The molecule has 0 aliphatic heterocycles. The molecule has 1 fully saturated rings. The maximum atomic E-state index is 11.9. The third kappa shape index (κ3) is 11.0. The molecule has 2 unspecified atom stereocenters. The first-order valence-electron chi connectivity index (χ1n) is 21.0. The van der Waals surface area contributed by atoms with E-state index in [1.807, 2.05) is 0 Å². The van der Waals surface area contributed by atoms with Crippen LogP contribution < -0.4 is 53.9 Å². The van der Waals surface area contributed by atoms with Gasteiger partial charge in [0.05, 0.1) is 32.7 Å². The Balaban J connectivity index is 0.967. The van der Waals surface area contributed by atoms with Crippen molar-refractivity contribution in [1.29, 1.82) is 0 Å². The first kappa shape index (κ1) is 45.7. The van der Waals surface area contributed by atoms with Gasteiger partial charge in [0.25, 0.3) is 0 Å². The third-order valence-electron chi connectivity index (χ3n) is 11.2. The number of benzene rings is 4. The van der Waals surface area contributed by atoms with Crippen molar-refractivity contribution < 1.29 is 28.7 Å². The molecule has 4 heterocycles. The third-order valence-corrected chi connectivity index (χ3v) is 13.1. The van der Waals surface area contributed by atoms with Crippen molar-refractivity contribution in [2.24, 2.45) is 10.8 Å². The second-order valence-corrected chi connectivity index (χ2v) is 20.9. The van der Waals surface area contributed by atoms with Gasteiger partial charge in [-0.25, -0.2) is 9.59 Å². The highest BCUT2D eigenvalue weighted by atomic mass is 31.2. The number of anilines is 10. The van der Waals surface area contributed by atoms with E-state index in [4.69, 9.17) is 9.97 Å². The summed E-state index contributed by atoms with van der Waals surface area (Å²) >= 11 is 0. The van der Waals surface area contributed by atoms with E-state index in [1.165, 1.54) is 48.5 Å². The summed E-state index contributed by atoms with van der Waals surface area (Å²) in [6.07, 6.45) is 2.23. The van der Waals surface area contributed by atoms with E-state index in [1.54, 1.807) is 36.4 Å². The van der Waals surface area contributed by atoms with Crippen molar-refractivity contribution in [3.63, 3.8) is 0 Å². The van der Waals surface area contributed by atoms with Gasteiger partial charge in [0, 0.05) is 35.3 Å². The van der Waals surface area contributed by atoms with Gasteiger partial charge in [-0.15, -0.1) is 0 Å². The Hall–Kier alpha value is -7.46. The largest absolute Gasteiger partial charge is 0.356 e. The van der Waals surface area contributed by atoms with Crippen LogP contribution >= 0.6 is 15.2 Å². The van der Waals surface area contributed by atoms with Gasteiger partial charge in [-0.2, -0.15) is 29.9 Å². The summed E-state index contributed by atoms with van der Waals surface area (Å²) in [5, 5.41) is 19.3. The molecule has 14 N–H and O–H groups in total. The molecule has 26 heteroatoms. The monoisotopic (exact) mass is 964 g/mol. The van der Waals surface area contributed by atoms with Crippen molar-refractivity contribution in [3.8, 4) is 0 Å². The van der Waals surface area contributed by atoms with Crippen LogP contribution in [0.25, 0.3) is 22.1 Å². The molecule has 4 aromatic heterocycles. The average Bonchev–Trinajstić information content (AvgIpc) is 3.81. The Labute approximate surface area is 385 Å². The maximum absolute atomic E-state index is 11.9. The van der Waals surface area contributed by atoms with Crippen LogP contribution in [0.3, 0.4) is 0 Å². The molecule has 8 aromatic rings. The van der Waals surface area contributed by atoms with Gasteiger partial charge >= 0.3 is 26.6 Å².